The van der Waals surface area contributed by atoms with E-state index < -0.39 is 5.97 Å². The van der Waals surface area contributed by atoms with Crippen molar-refractivity contribution in [3.63, 3.8) is 0 Å². The minimum Gasteiger partial charge on any atom is -0.478 e. The zero-order valence-corrected chi connectivity index (χ0v) is 13.9. The molecule has 4 heteroatoms. The Morgan fingerprint density at radius 3 is 1.77 bits per heavy atom. The van der Waals surface area contributed by atoms with Gasteiger partial charge in [0.2, 0.25) is 0 Å². The summed E-state index contributed by atoms with van der Waals surface area (Å²) in [5, 5.41) is 14.7. The summed E-state index contributed by atoms with van der Waals surface area (Å²) >= 11 is 0. The first kappa shape index (κ1) is 15.8. The molecule has 4 rings (SSSR count). The van der Waals surface area contributed by atoms with Crippen LogP contribution in [0.5, 0.6) is 0 Å². The lowest BCUT2D eigenvalue weighted by Gasteiger charge is -2.08. The first-order valence-corrected chi connectivity index (χ1v) is 8.28. The van der Waals surface area contributed by atoms with Gasteiger partial charge in [-0.3, -0.25) is 0 Å². The van der Waals surface area contributed by atoms with Gasteiger partial charge in [-0.1, -0.05) is 78.9 Å². The van der Waals surface area contributed by atoms with Gasteiger partial charge in [0.05, 0.1) is 11.4 Å². The van der Waals surface area contributed by atoms with Crippen molar-refractivity contribution in [1.82, 2.24) is 9.78 Å². The average molecular weight is 340 g/mol. The lowest BCUT2D eigenvalue weighted by molar-refractivity contribution is 0.0698. The van der Waals surface area contributed by atoms with Crippen molar-refractivity contribution in [2.75, 3.05) is 0 Å². The summed E-state index contributed by atoms with van der Waals surface area (Å²) in [5.41, 5.74) is 3.63. The van der Waals surface area contributed by atoms with Crippen LogP contribution < -0.4 is 0 Å². The fourth-order valence-corrected chi connectivity index (χ4v) is 3.04. The number of aromatic carboxylic acids is 1. The molecule has 0 saturated heterocycles. The van der Waals surface area contributed by atoms with Gasteiger partial charge >= 0.3 is 5.97 Å². The second-order valence-electron chi connectivity index (χ2n) is 5.86. The maximum Gasteiger partial charge on any atom is 0.340 e. The molecule has 4 nitrogen and oxygen atoms in total. The predicted octanol–water partition coefficient (Wildman–Crippen LogP) is 4.90. The van der Waals surface area contributed by atoms with E-state index in [2.05, 4.69) is 5.10 Å². The zero-order valence-electron chi connectivity index (χ0n) is 13.9. The highest BCUT2D eigenvalue weighted by Crippen LogP contribution is 2.34. The number of nitrogens with zero attached hydrogens (tertiary/aromatic N) is 2. The van der Waals surface area contributed by atoms with Crippen molar-refractivity contribution in [1.29, 1.82) is 0 Å². The van der Waals surface area contributed by atoms with Gasteiger partial charge in [0.25, 0.3) is 0 Å². The molecule has 0 bridgehead atoms. The summed E-state index contributed by atoms with van der Waals surface area (Å²) in [6.07, 6.45) is 0. The van der Waals surface area contributed by atoms with Gasteiger partial charge < -0.3 is 5.11 Å². The van der Waals surface area contributed by atoms with E-state index in [1.165, 1.54) is 0 Å². The molecule has 0 aliphatic rings. The molecule has 0 amide bonds. The molecule has 0 aliphatic heterocycles. The first-order valence-electron chi connectivity index (χ1n) is 8.28. The number of para-hydroxylation sites is 1. The molecule has 4 aromatic rings. The second-order valence-corrected chi connectivity index (χ2v) is 5.86. The van der Waals surface area contributed by atoms with Crippen LogP contribution in [-0.2, 0) is 0 Å². The second kappa shape index (κ2) is 6.69. The number of carbonyl (C=O) groups is 1. The van der Waals surface area contributed by atoms with Crippen LogP contribution in [0.15, 0.2) is 91.0 Å². The van der Waals surface area contributed by atoms with E-state index in [0.29, 0.717) is 11.4 Å². The number of hydrogen-bond donors (Lipinski definition) is 1. The van der Waals surface area contributed by atoms with E-state index >= 15 is 0 Å². The molecule has 0 radical (unpaired) electrons. The molecule has 0 fully saturated rings. The molecule has 126 valence electrons. The van der Waals surface area contributed by atoms with E-state index in [9.17, 15) is 9.90 Å². The topological polar surface area (TPSA) is 55.1 Å². The number of hydrogen-bond acceptors (Lipinski definition) is 2. The fraction of sp³-hybridized carbons (Fsp3) is 0. The molecule has 26 heavy (non-hydrogen) atoms. The molecular formula is C22H16N2O2. The smallest absolute Gasteiger partial charge is 0.340 e. The Bertz CT molecular complexity index is 1040. The van der Waals surface area contributed by atoms with Gasteiger partial charge in [0.15, 0.2) is 0 Å². The summed E-state index contributed by atoms with van der Waals surface area (Å²) < 4.78 is 1.71. The van der Waals surface area contributed by atoms with Crippen molar-refractivity contribution in [2.45, 2.75) is 0 Å². The monoisotopic (exact) mass is 340 g/mol. The highest BCUT2D eigenvalue weighted by Gasteiger charge is 2.26. The molecule has 1 aromatic heterocycles. The number of benzene rings is 3. The van der Waals surface area contributed by atoms with Crippen molar-refractivity contribution in [2.24, 2.45) is 0 Å². The number of carboxylic acids is 1. The number of rotatable bonds is 4. The quantitative estimate of drug-likeness (QED) is 0.574. The Morgan fingerprint density at radius 2 is 1.23 bits per heavy atom. The number of carboxylic acid groups (broad SMARTS) is 1. The lowest BCUT2D eigenvalue weighted by atomic mass is 10.0. The predicted molar refractivity (Wildman–Crippen MR) is 101 cm³/mol. The van der Waals surface area contributed by atoms with Gasteiger partial charge in [-0.05, 0) is 12.1 Å². The van der Waals surface area contributed by atoms with Crippen LogP contribution in [0.25, 0.3) is 28.2 Å². The van der Waals surface area contributed by atoms with Crippen LogP contribution in [0.4, 0.5) is 0 Å². The molecule has 1 heterocycles. The molecular weight excluding hydrogens is 324 g/mol. The van der Waals surface area contributed by atoms with E-state index in [1.807, 2.05) is 91.0 Å². The van der Waals surface area contributed by atoms with Crippen molar-refractivity contribution >= 4 is 5.97 Å². The maximum atomic E-state index is 12.2. The van der Waals surface area contributed by atoms with Crippen LogP contribution in [-0.4, -0.2) is 20.9 Å². The molecule has 0 unspecified atom stereocenters. The van der Waals surface area contributed by atoms with Crippen LogP contribution in [0.2, 0.25) is 0 Å². The van der Waals surface area contributed by atoms with Gasteiger partial charge in [-0.15, -0.1) is 0 Å². The zero-order chi connectivity index (χ0) is 17.9. The average Bonchev–Trinajstić information content (AvgIpc) is 3.11. The standard InChI is InChI=1S/C22H16N2O2/c25-22(26)19-20(16-10-4-1-5-11-16)23-24(18-14-8-3-9-15-18)21(19)17-12-6-2-7-13-17/h1-15H,(H,25,26). The lowest BCUT2D eigenvalue weighted by Crippen LogP contribution is -2.03. The summed E-state index contributed by atoms with van der Waals surface area (Å²) in [6, 6.07) is 28.5. The molecule has 0 atom stereocenters. The van der Waals surface area contributed by atoms with Crippen LogP contribution in [0, 0.1) is 0 Å². The van der Waals surface area contributed by atoms with Gasteiger partial charge in [0, 0.05) is 11.1 Å². The summed E-state index contributed by atoms with van der Waals surface area (Å²) in [7, 11) is 0. The van der Waals surface area contributed by atoms with Crippen LogP contribution >= 0.6 is 0 Å². The number of aromatic nitrogens is 2. The molecule has 3 aromatic carbocycles. The van der Waals surface area contributed by atoms with Crippen molar-refractivity contribution < 1.29 is 9.90 Å². The highest BCUT2D eigenvalue weighted by atomic mass is 16.4. The summed E-state index contributed by atoms with van der Waals surface area (Å²) in [5.74, 6) is -0.995. The van der Waals surface area contributed by atoms with Gasteiger partial charge in [-0.2, -0.15) is 5.10 Å². The summed E-state index contributed by atoms with van der Waals surface area (Å²) in [4.78, 5) is 12.2. The minimum atomic E-state index is -0.995. The summed E-state index contributed by atoms with van der Waals surface area (Å²) in [6.45, 7) is 0. The van der Waals surface area contributed by atoms with E-state index in [-0.39, 0.29) is 5.56 Å². The Labute approximate surface area is 151 Å². The third-order valence-corrected chi connectivity index (χ3v) is 4.19. The van der Waals surface area contributed by atoms with Crippen LogP contribution in [0.3, 0.4) is 0 Å². The Balaban J connectivity index is 2.07. The van der Waals surface area contributed by atoms with Gasteiger partial charge in [0.1, 0.15) is 11.3 Å². The van der Waals surface area contributed by atoms with E-state index in [4.69, 9.17) is 0 Å². The minimum absolute atomic E-state index is 0.200. The first-order chi connectivity index (χ1) is 12.8. The van der Waals surface area contributed by atoms with E-state index in [1.54, 1.807) is 4.68 Å². The SMILES string of the molecule is O=C(O)c1c(-c2ccccc2)nn(-c2ccccc2)c1-c1ccccc1. The third-order valence-electron chi connectivity index (χ3n) is 4.19. The largest absolute Gasteiger partial charge is 0.478 e. The van der Waals surface area contributed by atoms with E-state index in [0.717, 1.165) is 16.8 Å². The Morgan fingerprint density at radius 1 is 0.731 bits per heavy atom. The molecule has 0 spiro atoms. The molecule has 0 aliphatic carbocycles. The normalized spacial score (nSPS) is 10.6. The molecule has 0 saturated carbocycles. The van der Waals surface area contributed by atoms with Crippen molar-refractivity contribution in [3.05, 3.63) is 96.6 Å². The van der Waals surface area contributed by atoms with Crippen molar-refractivity contribution in [3.8, 4) is 28.2 Å². The fourth-order valence-electron chi connectivity index (χ4n) is 3.04. The van der Waals surface area contributed by atoms with Crippen LogP contribution in [0.1, 0.15) is 10.4 Å². The Kier molecular flexibility index (Phi) is 4.07. The molecule has 1 N–H and O–H groups in total. The third kappa shape index (κ3) is 2.78. The maximum absolute atomic E-state index is 12.2. The Hall–Kier alpha value is -3.66. The highest BCUT2D eigenvalue weighted by molar-refractivity contribution is 6.01. The van der Waals surface area contributed by atoms with Gasteiger partial charge in [-0.25, -0.2) is 9.48 Å².